The van der Waals surface area contributed by atoms with Crippen molar-refractivity contribution in [1.82, 2.24) is 0 Å². The molecule has 0 bridgehead atoms. The number of hydrogen-bond donors (Lipinski definition) is 0. The molecule has 10 heavy (non-hydrogen) atoms. The lowest BCUT2D eigenvalue weighted by atomic mass is 10.1. The van der Waals surface area contributed by atoms with Gasteiger partial charge in [0.2, 0.25) is 0 Å². The van der Waals surface area contributed by atoms with Crippen LogP contribution in [0.4, 0.5) is 4.39 Å². The van der Waals surface area contributed by atoms with Gasteiger partial charge in [-0.05, 0) is 6.42 Å². The summed E-state index contributed by atoms with van der Waals surface area (Å²) in [6, 6.07) is 0. The van der Waals surface area contributed by atoms with Crippen molar-refractivity contribution in [3.63, 3.8) is 0 Å². The van der Waals surface area contributed by atoms with Crippen LogP contribution in [0.2, 0.25) is 0 Å². The molecule has 1 nitrogen and oxygen atoms in total. The lowest BCUT2D eigenvalue weighted by Gasteiger charge is -2.01. The van der Waals surface area contributed by atoms with E-state index in [-0.39, 0.29) is 0 Å². The molecular formula is C8H16FO. The van der Waals surface area contributed by atoms with Crippen LogP contribution in [-0.2, 0) is 5.11 Å². The van der Waals surface area contributed by atoms with E-state index in [1.54, 1.807) is 0 Å². The van der Waals surface area contributed by atoms with Crippen molar-refractivity contribution in [2.24, 2.45) is 0 Å². The zero-order valence-corrected chi connectivity index (χ0v) is 6.61. The normalized spacial score (nSPS) is 13.5. The van der Waals surface area contributed by atoms with Crippen molar-refractivity contribution >= 4 is 0 Å². The number of halogens is 1. The molecule has 61 valence electrons. The lowest BCUT2D eigenvalue weighted by molar-refractivity contribution is 0.107. The van der Waals surface area contributed by atoms with Gasteiger partial charge in [-0.2, -0.15) is 0 Å². The molecule has 0 saturated carbocycles. The van der Waals surface area contributed by atoms with Crippen molar-refractivity contribution < 1.29 is 9.50 Å². The van der Waals surface area contributed by atoms with E-state index in [0.29, 0.717) is 6.42 Å². The topological polar surface area (TPSA) is 19.9 Å². The summed E-state index contributed by atoms with van der Waals surface area (Å²) in [7, 11) is 0. The van der Waals surface area contributed by atoms with E-state index in [0.717, 1.165) is 25.7 Å². The Kier molecular flexibility index (Phi) is 6.93. The maximum Gasteiger partial charge on any atom is 0.127 e. The molecule has 2 heteroatoms. The van der Waals surface area contributed by atoms with E-state index in [1.807, 2.05) is 0 Å². The molecule has 0 rings (SSSR count). The summed E-state index contributed by atoms with van der Waals surface area (Å²) < 4.78 is 12.2. The first kappa shape index (κ1) is 9.89. The van der Waals surface area contributed by atoms with Gasteiger partial charge in [0, 0.05) is 0 Å². The van der Waals surface area contributed by atoms with Crippen molar-refractivity contribution in [3.05, 3.63) is 0 Å². The Hall–Kier alpha value is -0.110. The third kappa shape index (κ3) is 6.02. The minimum absolute atomic E-state index is 0.462. The Labute approximate surface area is 62.3 Å². The summed E-state index contributed by atoms with van der Waals surface area (Å²) in [6.07, 6.45) is 3.62. The van der Waals surface area contributed by atoms with Crippen molar-refractivity contribution in [2.45, 2.75) is 45.2 Å². The Morgan fingerprint density at radius 1 is 1.30 bits per heavy atom. The van der Waals surface area contributed by atoms with Crippen LogP contribution < -0.4 is 0 Å². The van der Waals surface area contributed by atoms with Gasteiger partial charge < -0.3 is 0 Å². The zero-order chi connectivity index (χ0) is 7.82. The fourth-order valence-electron chi connectivity index (χ4n) is 0.876. The highest BCUT2D eigenvalue weighted by atomic mass is 19.1. The number of alkyl halides is 1. The lowest BCUT2D eigenvalue weighted by Crippen LogP contribution is -2.03. The monoisotopic (exact) mass is 147 g/mol. The highest BCUT2D eigenvalue weighted by molar-refractivity contribution is 4.52. The number of hydrogen-bond acceptors (Lipinski definition) is 0. The van der Waals surface area contributed by atoms with Crippen molar-refractivity contribution in [1.29, 1.82) is 0 Å². The summed E-state index contributed by atoms with van der Waals surface area (Å²) in [5.74, 6) is 0. The van der Waals surface area contributed by atoms with Gasteiger partial charge in [0.05, 0.1) is 0 Å². The quantitative estimate of drug-likeness (QED) is 0.515. The van der Waals surface area contributed by atoms with Crippen LogP contribution in [0.5, 0.6) is 0 Å². The van der Waals surface area contributed by atoms with Crippen LogP contribution in [0, 0.1) is 0 Å². The number of unbranched alkanes of at least 4 members (excludes halogenated alkanes) is 3. The van der Waals surface area contributed by atoms with E-state index in [4.69, 9.17) is 0 Å². The van der Waals surface area contributed by atoms with Gasteiger partial charge in [-0.3, -0.25) is 0 Å². The van der Waals surface area contributed by atoms with Crippen LogP contribution >= 0.6 is 0 Å². The van der Waals surface area contributed by atoms with Crippen LogP contribution in [0.15, 0.2) is 0 Å². The van der Waals surface area contributed by atoms with Gasteiger partial charge >= 0.3 is 0 Å². The highest BCUT2D eigenvalue weighted by Gasteiger charge is 2.03. The van der Waals surface area contributed by atoms with Gasteiger partial charge in [-0.25, -0.2) is 9.50 Å². The van der Waals surface area contributed by atoms with Gasteiger partial charge in [0.15, 0.2) is 0 Å². The molecule has 0 aromatic carbocycles. The van der Waals surface area contributed by atoms with E-state index in [9.17, 15) is 9.50 Å². The van der Waals surface area contributed by atoms with Crippen molar-refractivity contribution in [2.75, 3.05) is 6.61 Å². The molecular weight excluding hydrogens is 131 g/mol. The SMILES string of the molecule is CCCCCCC(F)C[O]. The fourth-order valence-corrected chi connectivity index (χ4v) is 0.876. The first-order chi connectivity index (χ1) is 4.81. The molecule has 0 saturated heterocycles. The van der Waals surface area contributed by atoms with Gasteiger partial charge in [0.25, 0.3) is 0 Å². The second-order valence-corrected chi connectivity index (χ2v) is 2.61. The first-order valence-electron chi connectivity index (χ1n) is 4.03. The predicted octanol–water partition coefficient (Wildman–Crippen LogP) is 2.73. The largest absolute Gasteiger partial charge is 0.245 e. The summed E-state index contributed by atoms with van der Waals surface area (Å²) in [5.41, 5.74) is 0. The molecule has 0 aromatic rings. The summed E-state index contributed by atoms with van der Waals surface area (Å²) >= 11 is 0. The smallest absolute Gasteiger partial charge is 0.127 e. The molecule has 0 aliphatic carbocycles. The van der Waals surface area contributed by atoms with Crippen LogP contribution in [0.25, 0.3) is 0 Å². The zero-order valence-electron chi connectivity index (χ0n) is 6.61. The van der Waals surface area contributed by atoms with E-state index >= 15 is 0 Å². The Bertz CT molecular complexity index is 66.3. The highest BCUT2D eigenvalue weighted by Crippen LogP contribution is 2.07. The summed E-state index contributed by atoms with van der Waals surface area (Å²) in [4.78, 5) is 0. The molecule has 0 fully saturated rings. The standard InChI is InChI=1S/C8H16FO/c1-2-3-4-5-6-8(9)7-10/h8H,2-7H2,1H3. The van der Waals surface area contributed by atoms with E-state index < -0.39 is 12.8 Å². The second kappa shape index (κ2) is 7.00. The fraction of sp³-hybridized carbons (Fsp3) is 1.00. The second-order valence-electron chi connectivity index (χ2n) is 2.61. The average Bonchev–Trinajstić information content (AvgIpc) is 1.98. The van der Waals surface area contributed by atoms with Gasteiger partial charge in [-0.1, -0.05) is 32.6 Å². The molecule has 0 aliphatic rings. The molecule has 0 spiro atoms. The van der Waals surface area contributed by atoms with Crippen LogP contribution in [0.1, 0.15) is 39.0 Å². The van der Waals surface area contributed by atoms with Crippen molar-refractivity contribution in [3.8, 4) is 0 Å². The molecule has 0 aliphatic heterocycles. The Morgan fingerprint density at radius 2 is 2.00 bits per heavy atom. The predicted molar refractivity (Wildman–Crippen MR) is 39.2 cm³/mol. The molecule has 1 radical (unpaired) electrons. The summed E-state index contributed by atoms with van der Waals surface area (Å²) in [6.45, 7) is 1.55. The van der Waals surface area contributed by atoms with Gasteiger partial charge in [-0.15, -0.1) is 0 Å². The molecule has 1 unspecified atom stereocenters. The maximum absolute atomic E-state index is 12.2. The third-order valence-corrected chi connectivity index (χ3v) is 1.55. The minimum atomic E-state index is -1.10. The molecule has 0 amide bonds. The Morgan fingerprint density at radius 3 is 2.50 bits per heavy atom. The maximum atomic E-state index is 12.2. The Balaban J connectivity index is 2.89. The third-order valence-electron chi connectivity index (χ3n) is 1.55. The summed E-state index contributed by atoms with van der Waals surface area (Å²) in [5, 5.41) is 9.92. The molecule has 0 N–H and O–H groups in total. The number of rotatable bonds is 6. The molecule has 1 atom stereocenters. The van der Waals surface area contributed by atoms with Crippen LogP contribution in [0.3, 0.4) is 0 Å². The molecule has 0 aromatic heterocycles. The van der Waals surface area contributed by atoms with Gasteiger partial charge in [0.1, 0.15) is 12.8 Å². The first-order valence-corrected chi connectivity index (χ1v) is 4.03. The average molecular weight is 147 g/mol. The molecule has 0 heterocycles. The van der Waals surface area contributed by atoms with E-state index in [1.165, 1.54) is 0 Å². The van der Waals surface area contributed by atoms with Crippen LogP contribution in [-0.4, -0.2) is 12.8 Å². The van der Waals surface area contributed by atoms with E-state index in [2.05, 4.69) is 6.92 Å². The minimum Gasteiger partial charge on any atom is -0.245 e.